The van der Waals surface area contributed by atoms with Crippen LogP contribution in [0.2, 0.25) is 0 Å². The summed E-state index contributed by atoms with van der Waals surface area (Å²) >= 11 is 0. The van der Waals surface area contributed by atoms with Crippen LogP contribution in [0.25, 0.3) is 0 Å². The fraction of sp³-hybridized carbons (Fsp3) is 0.257. The van der Waals surface area contributed by atoms with Gasteiger partial charge < -0.3 is 23.7 Å². The Morgan fingerprint density at radius 2 is 1.02 bits per heavy atom. The van der Waals surface area contributed by atoms with Crippen LogP contribution in [0.3, 0.4) is 0 Å². The van der Waals surface area contributed by atoms with E-state index < -0.39 is 30.4 Å². The highest BCUT2D eigenvalue weighted by atomic mass is 16.6. The number of benzene rings is 4. The van der Waals surface area contributed by atoms with E-state index in [2.05, 4.69) is 0 Å². The van der Waals surface area contributed by atoms with Crippen molar-refractivity contribution in [1.29, 1.82) is 0 Å². The third-order valence-electron chi connectivity index (χ3n) is 7.24. The average Bonchev–Trinajstić information content (AvgIpc) is 3.35. The first kappa shape index (κ1) is 29.2. The molecule has 5 rings (SSSR count). The van der Waals surface area contributed by atoms with E-state index in [0.717, 1.165) is 28.5 Å². The lowest BCUT2D eigenvalue weighted by molar-refractivity contribution is -0.118. The van der Waals surface area contributed by atoms with E-state index in [1.54, 1.807) is 0 Å². The van der Waals surface area contributed by atoms with Gasteiger partial charge in [0, 0.05) is 0 Å². The summed E-state index contributed by atoms with van der Waals surface area (Å²) in [6.45, 7) is 1.08. The van der Waals surface area contributed by atoms with E-state index in [9.17, 15) is 9.59 Å². The molecule has 7 nitrogen and oxygen atoms in total. The van der Waals surface area contributed by atoms with Crippen molar-refractivity contribution < 1.29 is 28.5 Å². The zero-order valence-corrected chi connectivity index (χ0v) is 23.4. The van der Waals surface area contributed by atoms with Crippen LogP contribution in [0.1, 0.15) is 22.3 Å². The zero-order chi connectivity index (χ0) is 29.0. The molecule has 4 aromatic carbocycles. The second-order valence-corrected chi connectivity index (χ2v) is 10.2. The third-order valence-corrected chi connectivity index (χ3v) is 7.24. The molecule has 1 aliphatic rings. The second-order valence-electron chi connectivity index (χ2n) is 10.2. The van der Waals surface area contributed by atoms with Crippen LogP contribution >= 0.6 is 0 Å². The highest BCUT2D eigenvalue weighted by Gasteiger charge is 2.53. The fourth-order valence-corrected chi connectivity index (χ4v) is 5.12. The van der Waals surface area contributed by atoms with Crippen LogP contribution in [0, 0.1) is 0 Å². The molecule has 0 saturated carbocycles. The first-order valence-corrected chi connectivity index (χ1v) is 14.1. The lowest BCUT2D eigenvalue weighted by Gasteiger charge is -2.28. The van der Waals surface area contributed by atoms with Crippen molar-refractivity contribution in [3.63, 3.8) is 0 Å². The Hall–Kier alpha value is -4.30. The highest BCUT2D eigenvalue weighted by Crippen LogP contribution is 2.32. The van der Waals surface area contributed by atoms with E-state index in [-0.39, 0.29) is 26.4 Å². The molecule has 0 radical (unpaired) electrons. The second kappa shape index (κ2) is 15.1. The first-order valence-electron chi connectivity index (χ1n) is 14.1. The van der Waals surface area contributed by atoms with Gasteiger partial charge in [-0.2, -0.15) is 0 Å². The van der Waals surface area contributed by atoms with Gasteiger partial charge in [-0.15, -0.1) is 0 Å². The maximum Gasteiger partial charge on any atom is 0.411 e. The Kier molecular flexibility index (Phi) is 10.5. The predicted octanol–water partition coefficient (Wildman–Crippen LogP) is 5.96. The third kappa shape index (κ3) is 7.70. The molecule has 0 spiro atoms. The van der Waals surface area contributed by atoms with E-state index in [1.807, 2.05) is 121 Å². The van der Waals surface area contributed by atoms with Crippen LogP contribution in [-0.4, -0.2) is 48.2 Å². The van der Waals surface area contributed by atoms with Crippen LogP contribution in [0.15, 0.2) is 121 Å². The smallest absolute Gasteiger partial charge is 0.411 e. The van der Waals surface area contributed by atoms with Gasteiger partial charge in [-0.25, -0.2) is 4.79 Å². The molecule has 0 bridgehead atoms. The van der Waals surface area contributed by atoms with Crippen molar-refractivity contribution in [3.05, 3.63) is 144 Å². The molecular formula is C35H35NO6. The molecule has 7 heteroatoms. The molecule has 216 valence electrons. The summed E-state index contributed by atoms with van der Waals surface area (Å²) in [5.41, 5.74) is 3.76. The molecular weight excluding hydrogens is 530 g/mol. The van der Waals surface area contributed by atoms with Gasteiger partial charge in [0.05, 0.1) is 32.5 Å². The summed E-state index contributed by atoms with van der Waals surface area (Å²) in [4.78, 5) is 27.7. The number of hydrogen-bond donors (Lipinski definition) is 0. The van der Waals surface area contributed by atoms with Crippen molar-refractivity contribution in [2.24, 2.45) is 0 Å². The lowest BCUT2D eigenvalue weighted by atomic mass is 10.1. The molecule has 0 unspecified atom stereocenters. The van der Waals surface area contributed by atoms with Gasteiger partial charge in [-0.05, 0) is 22.3 Å². The van der Waals surface area contributed by atoms with Crippen molar-refractivity contribution in [2.75, 3.05) is 6.61 Å². The highest BCUT2D eigenvalue weighted by molar-refractivity contribution is 5.76. The summed E-state index contributed by atoms with van der Waals surface area (Å²) in [7, 11) is 0. The molecule has 1 aliphatic heterocycles. The number of likely N-dealkylation sites (tertiary alicyclic amines) is 1. The van der Waals surface area contributed by atoms with E-state index >= 15 is 0 Å². The minimum absolute atomic E-state index is 0.0738. The van der Waals surface area contributed by atoms with Crippen LogP contribution < -0.4 is 0 Å². The summed E-state index contributed by atoms with van der Waals surface area (Å²) in [5.74, 6) is 0. The number of nitrogens with zero attached hydrogens (tertiary/aromatic N) is 1. The zero-order valence-electron chi connectivity index (χ0n) is 23.4. The van der Waals surface area contributed by atoms with Crippen LogP contribution in [-0.2, 0) is 50.2 Å². The number of ether oxygens (including phenoxy) is 4. The van der Waals surface area contributed by atoms with E-state index in [1.165, 1.54) is 4.90 Å². The summed E-state index contributed by atoms with van der Waals surface area (Å²) in [6, 6.07) is 37.1. The summed E-state index contributed by atoms with van der Waals surface area (Å²) < 4.78 is 24.7. The Labute approximate surface area is 246 Å². The fourth-order valence-electron chi connectivity index (χ4n) is 5.12. The van der Waals surface area contributed by atoms with Crippen molar-refractivity contribution in [2.45, 2.75) is 50.7 Å². The largest absolute Gasteiger partial charge is 0.445 e. The molecule has 42 heavy (non-hydrogen) atoms. The van der Waals surface area contributed by atoms with Crippen LogP contribution in [0.5, 0.6) is 0 Å². The Balaban J connectivity index is 1.40. The van der Waals surface area contributed by atoms with Crippen molar-refractivity contribution >= 4 is 12.4 Å². The summed E-state index contributed by atoms with van der Waals surface area (Å²) in [6.07, 6.45) is -1.26. The predicted molar refractivity (Wildman–Crippen MR) is 158 cm³/mol. The molecule has 1 amide bonds. The topological polar surface area (TPSA) is 74.3 Å². The minimum Gasteiger partial charge on any atom is -0.445 e. The molecule has 1 heterocycles. The monoisotopic (exact) mass is 565 g/mol. The quantitative estimate of drug-likeness (QED) is 0.186. The number of rotatable bonds is 13. The molecule has 0 N–H and O–H groups in total. The number of hydrogen-bond acceptors (Lipinski definition) is 6. The number of carbonyl (C=O) groups excluding carboxylic acids is 2. The maximum atomic E-state index is 13.6. The van der Waals surface area contributed by atoms with E-state index in [0.29, 0.717) is 6.61 Å². The van der Waals surface area contributed by atoms with Crippen molar-refractivity contribution in [3.8, 4) is 0 Å². The van der Waals surface area contributed by atoms with Gasteiger partial charge in [0.25, 0.3) is 0 Å². The number of aldehydes is 1. The Morgan fingerprint density at radius 3 is 1.50 bits per heavy atom. The van der Waals surface area contributed by atoms with Gasteiger partial charge in [-0.3, -0.25) is 4.90 Å². The molecule has 0 aliphatic carbocycles. The standard InChI is InChI=1S/C35H35NO6/c37-21-31-33(40-23-28-15-7-2-8-16-28)34(41-24-29-17-9-3-10-18-29)32(26-39-22-27-13-5-1-6-14-27)36(31)35(38)42-25-30-19-11-4-12-20-30/h1-21,31-34H,22-26H2/t31-,32-,33-,34-/m0/s1. The molecule has 0 aromatic heterocycles. The number of amides is 1. The SMILES string of the molecule is O=C[C@H]1[C@H](OCc2ccccc2)[C@@H](OCc2ccccc2)[C@H](COCc2ccccc2)N1C(=O)OCc1ccccc1. The normalized spacial score (nSPS) is 19.9. The van der Waals surface area contributed by atoms with E-state index in [4.69, 9.17) is 18.9 Å². The average molecular weight is 566 g/mol. The lowest BCUT2D eigenvalue weighted by Crippen LogP contribution is -2.47. The van der Waals surface area contributed by atoms with Crippen molar-refractivity contribution in [1.82, 2.24) is 4.90 Å². The van der Waals surface area contributed by atoms with Gasteiger partial charge in [0.15, 0.2) is 0 Å². The van der Waals surface area contributed by atoms with Gasteiger partial charge in [0.2, 0.25) is 0 Å². The van der Waals surface area contributed by atoms with Gasteiger partial charge >= 0.3 is 6.09 Å². The molecule has 1 fully saturated rings. The minimum atomic E-state index is -0.928. The Bertz CT molecular complexity index is 1370. The van der Waals surface area contributed by atoms with Gasteiger partial charge in [-0.1, -0.05) is 121 Å². The van der Waals surface area contributed by atoms with Gasteiger partial charge in [0.1, 0.15) is 31.1 Å². The molecule has 4 atom stereocenters. The Morgan fingerprint density at radius 1 is 0.595 bits per heavy atom. The summed E-state index contributed by atoms with van der Waals surface area (Å²) in [5, 5.41) is 0. The number of carbonyl (C=O) groups is 2. The molecule has 4 aromatic rings. The van der Waals surface area contributed by atoms with Crippen LogP contribution in [0.4, 0.5) is 4.79 Å². The maximum absolute atomic E-state index is 13.6. The molecule has 1 saturated heterocycles. The first-order chi connectivity index (χ1) is 20.7.